The Bertz CT molecular complexity index is 395. The zero-order valence-electron chi connectivity index (χ0n) is 18.5. The van der Waals surface area contributed by atoms with Crippen LogP contribution in [0.4, 0.5) is 0 Å². The van der Waals surface area contributed by atoms with Gasteiger partial charge in [0.05, 0.1) is 59.3 Å². The van der Waals surface area contributed by atoms with Crippen LogP contribution < -0.4 is 5.32 Å². The molecule has 0 rings (SSSR count). The number of carbonyl (C=O) groups is 2. The number of aliphatic carboxylic acids is 1. The maximum Gasteiger partial charge on any atom is 0.303 e. The van der Waals surface area contributed by atoms with Gasteiger partial charge in [0.1, 0.15) is 0 Å². The molecule has 1 amide bonds. The molecule has 0 aliphatic carbocycles. The van der Waals surface area contributed by atoms with Crippen molar-refractivity contribution in [2.45, 2.75) is 51.9 Å². The Morgan fingerprint density at radius 2 is 1.10 bits per heavy atom. The van der Waals surface area contributed by atoms with E-state index in [1.165, 1.54) is 19.3 Å². The predicted octanol–water partition coefficient (Wildman–Crippen LogP) is 2.02. The van der Waals surface area contributed by atoms with Crippen LogP contribution in [0.25, 0.3) is 0 Å². The molecule has 0 radical (unpaired) electrons. The lowest BCUT2D eigenvalue weighted by molar-refractivity contribution is -0.138. The second-order valence-corrected chi connectivity index (χ2v) is 6.72. The van der Waals surface area contributed by atoms with Gasteiger partial charge in [0, 0.05) is 26.2 Å². The summed E-state index contributed by atoms with van der Waals surface area (Å²) in [5.41, 5.74) is 0. The normalized spacial score (nSPS) is 11.0. The molecule has 2 N–H and O–H groups in total. The van der Waals surface area contributed by atoms with Crippen LogP contribution in [0.3, 0.4) is 0 Å². The summed E-state index contributed by atoms with van der Waals surface area (Å²) in [5, 5.41) is 11.1. The van der Waals surface area contributed by atoms with Crippen molar-refractivity contribution in [1.82, 2.24) is 5.32 Å². The Labute approximate surface area is 180 Å². The molecule has 0 saturated carbocycles. The van der Waals surface area contributed by atoms with E-state index in [1.807, 2.05) is 0 Å². The van der Waals surface area contributed by atoms with Gasteiger partial charge < -0.3 is 34.1 Å². The van der Waals surface area contributed by atoms with E-state index < -0.39 is 5.97 Å². The van der Waals surface area contributed by atoms with Gasteiger partial charge in [-0.25, -0.2) is 0 Å². The Morgan fingerprint density at radius 3 is 1.57 bits per heavy atom. The quantitative estimate of drug-likeness (QED) is 0.222. The summed E-state index contributed by atoms with van der Waals surface area (Å²) in [5.74, 6) is -1.22. The molecule has 9 heteroatoms. The highest BCUT2D eigenvalue weighted by Crippen LogP contribution is 1.98. The van der Waals surface area contributed by atoms with Crippen LogP contribution in [0.2, 0.25) is 0 Å². The van der Waals surface area contributed by atoms with Crippen LogP contribution in [-0.2, 0) is 33.3 Å². The maximum absolute atomic E-state index is 11.3. The topological polar surface area (TPSA) is 113 Å². The summed E-state index contributed by atoms with van der Waals surface area (Å²) in [6.07, 6.45) is 5.40. The smallest absolute Gasteiger partial charge is 0.303 e. The van der Waals surface area contributed by atoms with Crippen LogP contribution >= 0.6 is 0 Å². The van der Waals surface area contributed by atoms with Gasteiger partial charge in [0.2, 0.25) is 5.91 Å². The summed E-state index contributed by atoms with van der Waals surface area (Å²) >= 11 is 0. The van der Waals surface area contributed by atoms with Crippen molar-refractivity contribution < 1.29 is 38.4 Å². The third kappa shape index (κ3) is 24.8. The molecule has 0 aliphatic heterocycles. The van der Waals surface area contributed by atoms with E-state index in [0.29, 0.717) is 72.4 Å². The molecule has 0 heterocycles. The van der Waals surface area contributed by atoms with E-state index in [0.717, 1.165) is 13.0 Å². The van der Waals surface area contributed by atoms with Gasteiger partial charge in [0.25, 0.3) is 0 Å². The van der Waals surface area contributed by atoms with E-state index in [1.54, 1.807) is 0 Å². The van der Waals surface area contributed by atoms with Crippen molar-refractivity contribution in [3.8, 4) is 0 Å². The molecule has 30 heavy (non-hydrogen) atoms. The molecule has 0 aromatic rings. The summed E-state index contributed by atoms with van der Waals surface area (Å²) in [6.45, 7) is 8.29. The van der Waals surface area contributed by atoms with Crippen molar-refractivity contribution in [2.75, 3.05) is 72.6 Å². The van der Waals surface area contributed by atoms with Gasteiger partial charge in [0.15, 0.2) is 0 Å². The fourth-order valence-corrected chi connectivity index (χ4v) is 2.32. The summed E-state index contributed by atoms with van der Waals surface area (Å²) in [4.78, 5) is 21.6. The standard InChI is InChI=1S/C21H41NO8/c1-2-3-4-5-10-26-12-14-28-16-18-30-19-17-29-15-13-27-11-6-9-22-20(23)7-8-21(24)25/h2-19H2,1H3,(H,22,23)(H,24,25). The first-order valence-corrected chi connectivity index (χ1v) is 11.0. The fourth-order valence-electron chi connectivity index (χ4n) is 2.32. The molecule has 0 saturated heterocycles. The molecule has 178 valence electrons. The summed E-state index contributed by atoms with van der Waals surface area (Å²) in [7, 11) is 0. The van der Waals surface area contributed by atoms with E-state index >= 15 is 0 Å². The van der Waals surface area contributed by atoms with Crippen molar-refractivity contribution in [2.24, 2.45) is 0 Å². The first-order valence-electron chi connectivity index (χ1n) is 11.0. The van der Waals surface area contributed by atoms with Crippen molar-refractivity contribution in [3.63, 3.8) is 0 Å². The van der Waals surface area contributed by atoms with Gasteiger partial charge in [-0.1, -0.05) is 26.2 Å². The fraction of sp³-hybridized carbons (Fsp3) is 0.905. The molecule has 0 unspecified atom stereocenters. The van der Waals surface area contributed by atoms with Crippen LogP contribution in [0.1, 0.15) is 51.9 Å². The average molecular weight is 436 g/mol. The van der Waals surface area contributed by atoms with Crippen LogP contribution in [0.5, 0.6) is 0 Å². The molecule has 0 aliphatic rings. The number of unbranched alkanes of at least 4 members (excludes halogenated alkanes) is 3. The van der Waals surface area contributed by atoms with Crippen LogP contribution in [0.15, 0.2) is 0 Å². The zero-order chi connectivity index (χ0) is 22.1. The minimum absolute atomic E-state index is 0.00579. The highest BCUT2D eigenvalue weighted by molar-refractivity contribution is 5.80. The Morgan fingerprint density at radius 1 is 0.633 bits per heavy atom. The van der Waals surface area contributed by atoms with Gasteiger partial charge >= 0.3 is 5.97 Å². The van der Waals surface area contributed by atoms with Crippen molar-refractivity contribution >= 4 is 11.9 Å². The molecule has 0 aromatic heterocycles. The summed E-state index contributed by atoms with van der Waals surface area (Å²) < 4.78 is 27.1. The number of carboxylic acid groups (broad SMARTS) is 1. The number of nitrogens with one attached hydrogen (secondary N) is 1. The number of carboxylic acids is 1. The van der Waals surface area contributed by atoms with Gasteiger partial charge in [-0.3, -0.25) is 9.59 Å². The number of rotatable bonds is 24. The SMILES string of the molecule is CCCCCCOCCOCCOCCOCCOCCCNC(=O)CCC(=O)O. The van der Waals surface area contributed by atoms with Gasteiger partial charge in [-0.05, 0) is 12.8 Å². The van der Waals surface area contributed by atoms with Gasteiger partial charge in [-0.15, -0.1) is 0 Å². The number of carbonyl (C=O) groups excluding carboxylic acids is 1. The predicted molar refractivity (Wildman–Crippen MR) is 113 cm³/mol. The highest BCUT2D eigenvalue weighted by atomic mass is 16.6. The Kier molecular flexibility index (Phi) is 23.0. The molecule has 0 bridgehead atoms. The first kappa shape index (κ1) is 28.7. The third-order valence-electron chi connectivity index (χ3n) is 3.98. The Hall–Kier alpha value is -1.26. The largest absolute Gasteiger partial charge is 0.481 e. The number of hydrogen-bond acceptors (Lipinski definition) is 7. The lowest BCUT2D eigenvalue weighted by Crippen LogP contribution is -2.25. The molecular formula is C21H41NO8. The lowest BCUT2D eigenvalue weighted by Gasteiger charge is -2.08. The van der Waals surface area contributed by atoms with Crippen LogP contribution in [0, 0.1) is 0 Å². The van der Waals surface area contributed by atoms with Crippen molar-refractivity contribution in [3.05, 3.63) is 0 Å². The van der Waals surface area contributed by atoms with E-state index in [-0.39, 0.29) is 18.7 Å². The van der Waals surface area contributed by atoms with Crippen molar-refractivity contribution in [1.29, 1.82) is 0 Å². The molecule has 0 aromatic carbocycles. The highest BCUT2D eigenvalue weighted by Gasteiger charge is 2.04. The third-order valence-corrected chi connectivity index (χ3v) is 3.98. The average Bonchev–Trinajstić information content (AvgIpc) is 2.73. The minimum Gasteiger partial charge on any atom is -0.481 e. The number of ether oxygens (including phenoxy) is 5. The lowest BCUT2D eigenvalue weighted by atomic mass is 10.2. The van der Waals surface area contributed by atoms with E-state index in [9.17, 15) is 9.59 Å². The van der Waals surface area contributed by atoms with E-state index in [2.05, 4.69) is 12.2 Å². The van der Waals surface area contributed by atoms with E-state index in [4.69, 9.17) is 28.8 Å². The van der Waals surface area contributed by atoms with Crippen LogP contribution in [-0.4, -0.2) is 89.6 Å². The maximum atomic E-state index is 11.3. The molecule has 0 spiro atoms. The second-order valence-electron chi connectivity index (χ2n) is 6.72. The molecule has 0 fully saturated rings. The number of hydrogen-bond donors (Lipinski definition) is 2. The molecule has 9 nitrogen and oxygen atoms in total. The zero-order valence-corrected chi connectivity index (χ0v) is 18.5. The second kappa shape index (κ2) is 24.0. The monoisotopic (exact) mass is 435 g/mol. The Balaban J connectivity index is 3.08. The summed E-state index contributed by atoms with van der Waals surface area (Å²) in [6, 6.07) is 0. The van der Waals surface area contributed by atoms with Gasteiger partial charge in [-0.2, -0.15) is 0 Å². The number of amides is 1. The molecular weight excluding hydrogens is 394 g/mol. The molecule has 0 atom stereocenters. The minimum atomic E-state index is -0.971. The first-order chi connectivity index (χ1) is 14.7.